The Bertz CT molecular complexity index is 484. The Labute approximate surface area is 129 Å². The maximum atomic E-state index is 11.9. The first-order valence-corrected chi connectivity index (χ1v) is 7.44. The van der Waals surface area contributed by atoms with E-state index in [-0.39, 0.29) is 11.8 Å². The van der Waals surface area contributed by atoms with E-state index >= 15 is 0 Å². The van der Waals surface area contributed by atoms with Crippen LogP contribution in [0.25, 0.3) is 0 Å². The average molecular weight is 311 g/mol. The van der Waals surface area contributed by atoms with Crippen LogP contribution in [0.15, 0.2) is 24.3 Å². The number of nitrogens with zero attached hydrogens (tertiary/aromatic N) is 1. The van der Waals surface area contributed by atoms with Crippen molar-refractivity contribution in [3.8, 4) is 0 Å². The van der Waals surface area contributed by atoms with Crippen LogP contribution in [0.4, 0.5) is 0 Å². The maximum Gasteiger partial charge on any atom is 0.251 e. The number of nitrogens with one attached hydrogen (secondary N) is 1. The molecule has 1 N–H and O–H groups in total. The van der Waals surface area contributed by atoms with E-state index in [0.717, 1.165) is 0 Å². The lowest BCUT2D eigenvalue weighted by atomic mass is 10.2. The van der Waals surface area contributed by atoms with Gasteiger partial charge in [-0.05, 0) is 30.7 Å². The lowest BCUT2D eigenvalue weighted by Gasteiger charge is -2.26. The highest BCUT2D eigenvalue weighted by Crippen LogP contribution is 2.09. The van der Waals surface area contributed by atoms with Gasteiger partial charge in [0.1, 0.15) is 0 Å². The first kappa shape index (κ1) is 15.8. The summed E-state index contributed by atoms with van der Waals surface area (Å²) in [5.41, 5.74) is 0.568. The van der Waals surface area contributed by atoms with Crippen LogP contribution in [-0.2, 0) is 9.53 Å². The van der Waals surface area contributed by atoms with Crippen molar-refractivity contribution in [1.29, 1.82) is 0 Å². The number of ether oxygens (including phenoxy) is 1. The highest BCUT2D eigenvalue weighted by Gasteiger charge is 2.16. The van der Waals surface area contributed by atoms with Crippen molar-refractivity contribution in [1.82, 2.24) is 10.2 Å². The number of hydrogen-bond acceptors (Lipinski definition) is 3. The largest absolute Gasteiger partial charge is 0.378 e. The van der Waals surface area contributed by atoms with Crippen LogP contribution in [0.5, 0.6) is 0 Å². The van der Waals surface area contributed by atoms with E-state index < -0.39 is 0 Å². The smallest absolute Gasteiger partial charge is 0.251 e. The Morgan fingerprint density at radius 1 is 1.19 bits per heavy atom. The average Bonchev–Trinajstić information content (AvgIpc) is 2.52. The SMILES string of the molecule is O=C(NCCCC(=O)N1CCOCC1)c1ccc(Cl)cc1. The summed E-state index contributed by atoms with van der Waals surface area (Å²) in [6.45, 7) is 3.03. The van der Waals surface area contributed by atoms with Gasteiger partial charge in [0.2, 0.25) is 5.91 Å². The highest BCUT2D eigenvalue weighted by molar-refractivity contribution is 6.30. The van der Waals surface area contributed by atoms with E-state index in [0.29, 0.717) is 56.3 Å². The van der Waals surface area contributed by atoms with Gasteiger partial charge < -0.3 is 15.0 Å². The zero-order chi connectivity index (χ0) is 15.1. The number of halogens is 1. The van der Waals surface area contributed by atoms with Crippen molar-refractivity contribution in [3.63, 3.8) is 0 Å². The number of amides is 2. The summed E-state index contributed by atoms with van der Waals surface area (Å²) in [5.74, 6) is -0.0236. The molecule has 114 valence electrons. The van der Waals surface area contributed by atoms with Crippen LogP contribution < -0.4 is 5.32 Å². The summed E-state index contributed by atoms with van der Waals surface area (Å²) in [6.07, 6.45) is 1.08. The quantitative estimate of drug-likeness (QED) is 0.842. The fourth-order valence-electron chi connectivity index (χ4n) is 2.12. The second-order valence-electron chi connectivity index (χ2n) is 4.86. The number of carbonyl (C=O) groups is 2. The summed E-state index contributed by atoms with van der Waals surface area (Å²) < 4.78 is 5.20. The van der Waals surface area contributed by atoms with Gasteiger partial charge in [-0.25, -0.2) is 0 Å². The number of benzene rings is 1. The van der Waals surface area contributed by atoms with Crippen LogP contribution in [0.2, 0.25) is 5.02 Å². The molecule has 21 heavy (non-hydrogen) atoms. The first-order chi connectivity index (χ1) is 10.2. The van der Waals surface area contributed by atoms with E-state index in [9.17, 15) is 9.59 Å². The lowest BCUT2D eigenvalue weighted by Crippen LogP contribution is -2.40. The molecule has 6 heteroatoms. The Hall–Kier alpha value is -1.59. The molecule has 1 aromatic rings. The van der Waals surface area contributed by atoms with Crippen molar-refractivity contribution in [2.75, 3.05) is 32.8 Å². The van der Waals surface area contributed by atoms with Crippen LogP contribution >= 0.6 is 11.6 Å². The zero-order valence-corrected chi connectivity index (χ0v) is 12.6. The molecule has 1 aliphatic rings. The van der Waals surface area contributed by atoms with E-state index in [1.165, 1.54) is 0 Å². The van der Waals surface area contributed by atoms with Crippen LogP contribution in [0, 0.1) is 0 Å². The van der Waals surface area contributed by atoms with E-state index in [1.807, 2.05) is 4.90 Å². The molecule has 5 nitrogen and oxygen atoms in total. The van der Waals surface area contributed by atoms with Gasteiger partial charge in [0, 0.05) is 36.6 Å². The Morgan fingerprint density at radius 2 is 1.86 bits per heavy atom. The predicted molar refractivity (Wildman–Crippen MR) is 80.4 cm³/mol. The molecular formula is C15H19ClN2O3. The van der Waals surface area contributed by atoms with Gasteiger partial charge in [-0.2, -0.15) is 0 Å². The van der Waals surface area contributed by atoms with Crippen molar-refractivity contribution < 1.29 is 14.3 Å². The molecule has 0 aliphatic carbocycles. The van der Waals surface area contributed by atoms with Crippen molar-refractivity contribution >= 4 is 23.4 Å². The van der Waals surface area contributed by atoms with E-state index in [1.54, 1.807) is 24.3 Å². The minimum Gasteiger partial charge on any atom is -0.378 e. The van der Waals surface area contributed by atoms with Gasteiger partial charge >= 0.3 is 0 Å². The molecule has 0 aromatic heterocycles. The summed E-state index contributed by atoms with van der Waals surface area (Å²) in [6, 6.07) is 6.71. The molecule has 1 aliphatic heterocycles. The number of hydrogen-bond donors (Lipinski definition) is 1. The molecule has 0 bridgehead atoms. The molecule has 0 atom stereocenters. The van der Waals surface area contributed by atoms with Crippen LogP contribution in [-0.4, -0.2) is 49.6 Å². The molecular weight excluding hydrogens is 292 g/mol. The zero-order valence-electron chi connectivity index (χ0n) is 11.8. The molecule has 2 rings (SSSR count). The minimum absolute atomic E-state index is 0.124. The summed E-state index contributed by atoms with van der Waals surface area (Å²) >= 11 is 5.77. The summed E-state index contributed by atoms with van der Waals surface area (Å²) in [5, 5.41) is 3.40. The van der Waals surface area contributed by atoms with E-state index in [4.69, 9.17) is 16.3 Å². The second kappa shape index (κ2) is 8.00. The normalized spacial score (nSPS) is 14.8. The number of rotatable bonds is 5. The Morgan fingerprint density at radius 3 is 2.52 bits per heavy atom. The minimum atomic E-state index is -0.148. The third-order valence-electron chi connectivity index (χ3n) is 3.32. The van der Waals surface area contributed by atoms with Gasteiger partial charge in [-0.3, -0.25) is 9.59 Å². The summed E-state index contributed by atoms with van der Waals surface area (Å²) in [7, 11) is 0. The number of carbonyl (C=O) groups excluding carboxylic acids is 2. The van der Waals surface area contributed by atoms with Crippen LogP contribution in [0.1, 0.15) is 23.2 Å². The van der Waals surface area contributed by atoms with Crippen molar-refractivity contribution in [3.05, 3.63) is 34.9 Å². The Kier molecular flexibility index (Phi) is 6.02. The molecule has 0 saturated carbocycles. The van der Waals surface area contributed by atoms with Gasteiger partial charge in [0.15, 0.2) is 0 Å². The third-order valence-corrected chi connectivity index (χ3v) is 3.58. The molecule has 1 heterocycles. The van der Waals surface area contributed by atoms with Gasteiger partial charge in [0.05, 0.1) is 13.2 Å². The molecule has 0 unspecified atom stereocenters. The second-order valence-corrected chi connectivity index (χ2v) is 5.30. The standard InChI is InChI=1S/C15H19ClN2O3/c16-13-5-3-12(4-6-13)15(20)17-7-1-2-14(19)18-8-10-21-11-9-18/h3-6H,1-2,7-11H2,(H,17,20). The monoisotopic (exact) mass is 310 g/mol. The topological polar surface area (TPSA) is 58.6 Å². The molecule has 1 aromatic carbocycles. The Balaban J connectivity index is 1.66. The molecule has 1 saturated heterocycles. The fraction of sp³-hybridized carbons (Fsp3) is 0.467. The molecule has 2 amide bonds. The van der Waals surface area contributed by atoms with Gasteiger partial charge in [-0.1, -0.05) is 11.6 Å². The first-order valence-electron chi connectivity index (χ1n) is 7.06. The lowest BCUT2D eigenvalue weighted by molar-refractivity contribution is -0.135. The van der Waals surface area contributed by atoms with Crippen molar-refractivity contribution in [2.24, 2.45) is 0 Å². The van der Waals surface area contributed by atoms with E-state index in [2.05, 4.69) is 5.32 Å². The van der Waals surface area contributed by atoms with Gasteiger partial charge in [0.25, 0.3) is 5.91 Å². The molecule has 0 radical (unpaired) electrons. The van der Waals surface area contributed by atoms with Gasteiger partial charge in [-0.15, -0.1) is 0 Å². The summed E-state index contributed by atoms with van der Waals surface area (Å²) in [4.78, 5) is 25.5. The number of morpholine rings is 1. The highest BCUT2D eigenvalue weighted by atomic mass is 35.5. The fourth-order valence-corrected chi connectivity index (χ4v) is 2.24. The van der Waals surface area contributed by atoms with Crippen molar-refractivity contribution in [2.45, 2.75) is 12.8 Å². The maximum absolute atomic E-state index is 11.9. The third kappa shape index (κ3) is 5.02. The predicted octanol–water partition coefficient (Wildman–Crippen LogP) is 1.71. The van der Waals surface area contributed by atoms with Crippen LogP contribution in [0.3, 0.4) is 0 Å². The molecule has 1 fully saturated rings. The molecule has 0 spiro atoms.